The zero-order chi connectivity index (χ0) is 17.8. The minimum Gasteiger partial charge on any atom is -0.481 e. The molecule has 0 aromatic heterocycles. The summed E-state index contributed by atoms with van der Waals surface area (Å²) in [5.41, 5.74) is 0. The van der Waals surface area contributed by atoms with Gasteiger partial charge in [-0.1, -0.05) is 44.9 Å². The van der Waals surface area contributed by atoms with Crippen molar-refractivity contribution in [1.82, 2.24) is 0 Å². The van der Waals surface area contributed by atoms with Gasteiger partial charge in [-0.25, -0.2) is 0 Å². The van der Waals surface area contributed by atoms with Gasteiger partial charge in [0.2, 0.25) is 0 Å². The molecule has 0 heterocycles. The number of hydrogen-bond acceptors (Lipinski definition) is 3. The second kappa shape index (κ2) is 12.1. The van der Waals surface area contributed by atoms with E-state index in [-0.39, 0.29) is 24.0 Å². The van der Waals surface area contributed by atoms with E-state index < -0.39 is 12.1 Å². The number of ketones is 1. The quantitative estimate of drug-likeness (QED) is 0.442. The van der Waals surface area contributed by atoms with Crippen molar-refractivity contribution in [2.75, 3.05) is 0 Å². The number of carbonyl (C=O) groups is 2. The van der Waals surface area contributed by atoms with Gasteiger partial charge in [0.15, 0.2) is 0 Å². The first-order valence-corrected chi connectivity index (χ1v) is 9.47. The molecule has 1 aliphatic carbocycles. The molecule has 1 rings (SSSR count). The first-order chi connectivity index (χ1) is 11.6. The minimum atomic E-state index is -0.748. The number of rotatable bonds is 11. The molecule has 1 aliphatic rings. The maximum Gasteiger partial charge on any atom is 0.303 e. The Morgan fingerprint density at radius 3 is 2.67 bits per heavy atom. The molecule has 4 heteroatoms. The average molecular weight is 336 g/mol. The zero-order valence-electron chi connectivity index (χ0n) is 14.9. The van der Waals surface area contributed by atoms with Gasteiger partial charge in [-0.05, 0) is 25.7 Å². The number of aliphatic hydroxyl groups is 1. The van der Waals surface area contributed by atoms with Crippen molar-refractivity contribution in [1.29, 1.82) is 0 Å². The fourth-order valence-electron chi connectivity index (χ4n) is 3.43. The average Bonchev–Trinajstić information content (AvgIpc) is 2.91. The number of unbranched alkanes of at least 4 members (excludes halogenated alkanes) is 6. The SMILES string of the molecule is CCCCCC#CC(O)[C@H]1CCC(=O)[C@@H]1CCCCCCC(=O)O. The highest BCUT2D eigenvalue weighted by molar-refractivity contribution is 5.83. The lowest BCUT2D eigenvalue weighted by Gasteiger charge is -2.20. The molecule has 0 aromatic carbocycles. The topological polar surface area (TPSA) is 74.6 Å². The molecule has 2 N–H and O–H groups in total. The van der Waals surface area contributed by atoms with E-state index in [1.165, 1.54) is 0 Å². The lowest BCUT2D eigenvalue weighted by Crippen LogP contribution is -2.25. The fourth-order valence-corrected chi connectivity index (χ4v) is 3.43. The summed E-state index contributed by atoms with van der Waals surface area (Å²) in [4.78, 5) is 22.5. The highest BCUT2D eigenvalue weighted by atomic mass is 16.4. The Hall–Kier alpha value is -1.34. The van der Waals surface area contributed by atoms with E-state index in [0.717, 1.165) is 57.8 Å². The number of Topliss-reactive ketones (excluding diaryl/α,β-unsaturated/α-hetero) is 1. The van der Waals surface area contributed by atoms with Gasteiger partial charge in [0.1, 0.15) is 11.9 Å². The molecule has 0 bridgehead atoms. The molecular formula is C20H32O4. The first kappa shape index (κ1) is 20.7. The Morgan fingerprint density at radius 1 is 1.21 bits per heavy atom. The third kappa shape index (κ3) is 7.97. The molecule has 0 aliphatic heterocycles. The fraction of sp³-hybridized carbons (Fsp3) is 0.800. The molecule has 24 heavy (non-hydrogen) atoms. The van der Waals surface area contributed by atoms with E-state index in [2.05, 4.69) is 18.8 Å². The summed E-state index contributed by atoms with van der Waals surface area (Å²) >= 11 is 0. The van der Waals surface area contributed by atoms with Crippen LogP contribution < -0.4 is 0 Å². The van der Waals surface area contributed by atoms with E-state index in [1.807, 2.05) is 0 Å². The van der Waals surface area contributed by atoms with E-state index in [9.17, 15) is 14.7 Å². The van der Waals surface area contributed by atoms with E-state index >= 15 is 0 Å². The maximum absolute atomic E-state index is 12.1. The predicted octanol–water partition coefficient (Wildman–Crippen LogP) is 3.95. The second-order valence-corrected chi connectivity index (χ2v) is 6.85. The summed E-state index contributed by atoms with van der Waals surface area (Å²) in [6.07, 6.45) is 9.30. The summed E-state index contributed by atoms with van der Waals surface area (Å²) in [6.45, 7) is 2.15. The molecule has 3 atom stereocenters. The molecule has 0 radical (unpaired) electrons. The zero-order valence-corrected chi connectivity index (χ0v) is 14.9. The molecule has 1 saturated carbocycles. The maximum atomic E-state index is 12.1. The molecule has 0 aromatic rings. The van der Waals surface area contributed by atoms with Crippen LogP contribution in [-0.2, 0) is 9.59 Å². The van der Waals surface area contributed by atoms with Gasteiger partial charge in [0.05, 0.1) is 0 Å². The molecule has 0 spiro atoms. The van der Waals surface area contributed by atoms with Crippen LogP contribution in [0.4, 0.5) is 0 Å². The number of carboxylic acids is 1. The van der Waals surface area contributed by atoms with Crippen LogP contribution in [0.2, 0.25) is 0 Å². The van der Waals surface area contributed by atoms with Crippen LogP contribution >= 0.6 is 0 Å². The van der Waals surface area contributed by atoms with Crippen molar-refractivity contribution in [2.24, 2.45) is 11.8 Å². The largest absolute Gasteiger partial charge is 0.481 e. The van der Waals surface area contributed by atoms with E-state index in [4.69, 9.17) is 5.11 Å². The molecule has 0 amide bonds. The van der Waals surface area contributed by atoms with Gasteiger partial charge in [-0.15, -0.1) is 5.92 Å². The van der Waals surface area contributed by atoms with Gasteiger partial charge < -0.3 is 10.2 Å². The number of carbonyl (C=O) groups excluding carboxylic acids is 1. The Kier molecular flexibility index (Phi) is 10.4. The lowest BCUT2D eigenvalue weighted by atomic mass is 9.86. The van der Waals surface area contributed by atoms with Gasteiger partial charge in [0.25, 0.3) is 0 Å². The molecule has 0 saturated heterocycles. The third-order valence-electron chi connectivity index (χ3n) is 4.87. The third-order valence-corrected chi connectivity index (χ3v) is 4.87. The lowest BCUT2D eigenvalue weighted by molar-refractivity contribution is -0.137. The van der Waals surface area contributed by atoms with Crippen LogP contribution in [-0.4, -0.2) is 28.1 Å². The highest BCUT2D eigenvalue weighted by Gasteiger charge is 2.37. The first-order valence-electron chi connectivity index (χ1n) is 9.47. The van der Waals surface area contributed by atoms with Crippen molar-refractivity contribution in [3.05, 3.63) is 0 Å². The summed E-state index contributed by atoms with van der Waals surface area (Å²) in [7, 11) is 0. The Labute approximate surface area is 146 Å². The van der Waals surface area contributed by atoms with Crippen LogP contribution in [0.15, 0.2) is 0 Å². The van der Waals surface area contributed by atoms with Gasteiger partial charge in [-0.3, -0.25) is 9.59 Å². The molecule has 4 nitrogen and oxygen atoms in total. The number of carboxylic acid groups (broad SMARTS) is 1. The summed E-state index contributed by atoms with van der Waals surface area (Å²) in [6, 6.07) is 0. The van der Waals surface area contributed by atoms with Crippen LogP contribution in [0.1, 0.15) is 84.0 Å². The molecular weight excluding hydrogens is 304 g/mol. The number of aliphatic carboxylic acids is 1. The van der Waals surface area contributed by atoms with Crippen molar-refractivity contribution in [2.45, 2.75) is 90.1 Å². The highest BCUT2D eigenvalue weighted by Crippen LogP contribution is 2.35. The van der Waals surface area contributed by atoms with E-state index in [1.54, 1.807) is 0 Å². The van der Waals surface area contributed by atoms with Crippen LogP contribution in [0.25, 0.3) is 0 Å². The van der Waals surface area contributed by atoms with Crippen LogP contribution in [0.5, 0.6) is 0 Å². The van der Waals surface area contributed by atoms with Gasteiger partial charge in [0, 0.05) is 31.1 Å². The van der Waals surface area contributed by atoms with Gasteiger partial charge >= 0.3 is 5.97 Å². The summed E-state index contributed by atoms with van der Waals surface area (Å²) in [5.74, 6) is 5.43. The van der Waals surface area contributed by atoms with Crippen molar-refractivity contribution in [3.63, 3.8) is 0 Å². The minimum absolute atomic E-state index is 0.0183. The van der Waals surface area contributed by atoms with Crippen molar-refractivity contribution >= 4 is 11.8 Å². The van der Waals surface area contributed by atoms with Crippen molar-refractivity contribution < 1.29 is 19.8 Å². The summed E-state index contributed by atoms with van der Waals surface area (Å²) < 4.78 is 0. The van der Waals surface area contributed by atoms with Crippen LogP contribution in [0, 0.1) is 23.7 Å². The normalized spacial score (nSPS) is 21.3. The molecule has 1 fully saturated rings. The monoisotopic (exact) mass is 336 g/mol. The molecule has 1 unspecified atom stereocenters. The molecule has 136 valence electrons. The number of hydrogen-bond donors (Lipinski definition) is 2. The van der Waals surface area contributed by atoms with Gasteiger partial charge in [-0.2, -0.15) is 0 Å². The van der Waals surface area contributed by atoms with Crippen molar-refractivity contribution in [3.8, 4) is 11.8 Å². The summed E-state index contributed by atoms with van der Waals surface area (Å²) in [5, 5.41) is 18.9. The standard InChI is InChI=1S/C20H32O4/c1-2-3-4-5-9-12-18(21)17-14-15-19(22)16(17)11-8-6-7-10-13-20(23)24/h16-18,21H,2-8,10-11,13-15H2,1H3,(H,23,24)/t16-,17+,18?/m1/s1. The smallest absolute Gasteiger partial charge is 0.303 e. The Bertz CT molecular complexity index is 446. The predicted molar refractivity (Wildman–Crippen MR) is 94.5 cm³/mol. The van der Waals surface area contributed by atoms with E-state index in [0.29, 0.717) is 12.8 Å². The Morgan fingerprint density at radius 2 is 1.96 bits per heavy atom. The number of aliphatic hydroxyl groups excluding tert-OH is 1. The van der Waals surface area contributed by atoms with Crippen LogP contribution in [0.3, 0.4) is 0 Å². The second-order valence-electron chi connectivity index (χ2n) is 6.85. The Balaban J connectivity index is 2.32.